The van der Waals surface area contributed by atoms with Gasteiger partial charge in [0.2, 0.25) is 5.91 Å². The first kappa shape index (κ1) is 19.9. The highest BCUT2D eigenvalue weighted by Gasteiger charge is 2.26. The second-order valence-corrected chi connectivity index (χ2v) is 8.45. The number of rotatable bonds is 5. The summed E-state index contributed by atoms with van der Waals surface area (Å²) < 4.78 is 2.36. The standard InChI is InChI=1S/C23H32N4O2/c1-3-4-9-22(28)25-12-14-26(15-13-25)23(29)18-10-11-21-20(16-18)24-17(2)27(21)19-7-5-6-8-19/h10-11,16,19H,3-9,12-15H2,1-2H3. The molecule has 4 rings (SSSR count). The van der Waals surface area contributed by atoms with Crippen LogP contribution in [0, 0.1) is 6.92 Å². The van der Waals surface area contributed by atoms with Crippen LogP contribution in [0.2, 0.25) is 0 Å². The first-order valence-corrected chi connectivity index (χ1v) is 11.1. The Morgan fingerprint density at radius 1 is 1.07 bits per heavy atom. The molecule has 0 bridgehead atoms. The van der Waals surface area contributed by atoms with E-state index in [1.54, 1.807) is 0 Å². The predicted molar refractivity (Wildman–Crippen MR) is 114 cm³/mol. The van der Waals surface area contributed by atoms with Crippen molar-refractivity contribution in [2.45, 2.75) is 64.8 Å². The number of aryl methyl sites for hydroxylation is 1. The average molecular weight is 397 g/mol. The monoisotopic (exact) mass is 396 g/mol. The lowest BCUT2D eigenvalue weighted by atomic mass is 10.1. The zero-order valence-corrected chi connectivity index (χ0v) is 17.7. The third kappa shape index (κ3) is 4.02. The van der Waals surface area contributed by atoms with Gasteiger partial charge in [0.05, 0.1) is 11.0 Å². The van der Waals surface area contributed by atoms with Crippen molar-refractivity contribution in [1.82, 2.24) is 19.4 Å². The fourth-order valence-corrected chi connectivity index (χ4v) is 4.80. The number of nitrogens with zero attached hydrogens (tertiary/aromatic N) is 4. The van der Waals surface area contributed by atoms with E-state index in [0.717, 1.165) is 29.7 Å². The minimum absolute atomic E-state index is 0.0422. The summed E-state index contributed by atoms with van der Waals surface area (Å²) in [5.41, 5.74) is 2.74. The van der Waals surface area contributed by atoms with Crippen LogP contribution in [-0.2, 0) is 4.79 Å². The van der Waals surface area contributed by atoms with Gasteiger partial charge in [-0.2, -0.15) is 0 Å². The molecule has 2 aromatic rings. The Morgan fingerprint density at radius 2 is 1.76 bits per heavy atom. The molecule has 1 saturated carbocycles. The second-order valence-electron chi connectivity index (χ2n) is 8.45. The molecule has 2 heterocycles. The van der Waals surface area contributed by atoms with Gasteiger partial charge in [0.25, 0.3) is 5.91 Å². The molecule has 0 unspecified atom stereocenters. The van der Waals surface area contributed by atoms with Gasteiger partial charge in [-0.25, -0.2) is 4.98 Å². The summed E-state index contributed by atoms with van der Waals surface area (Å²) in [4.78, 5) is 33.7. The molecule has 6 nitrogen and oxygen atoms in total. The lowest BCUT2D eigenvalue weighted by Crippen LogP contribution is -2.50. The lowest BCUT2D eigenvalue weighted by molar-refractivity contribution is -0.132. The number of amides is 2. The molecular formula is C23H32N4O2. The number of benzene rings is 1. The minimum Gasteiger partial charge on any atom is -0.339 e. The molecule has 0 atom stereocenters. The highest BCUT2D eigenvalue weighted by Crippen LogP contribution is 2.33. The Hall–Kier alpha value is -2.37. The molecule has 1 aliphatic carbocycles. The summed E-state index contributed by atoms with van der Waals surface area (Å²) in [7, 11) is 0. The zero-order valence-electron chi connectivity index (χ0n) is 17.7. The average Bonchev–Trinajstić information content (AvgIpc) is 3.37. The van der Waals surface area contributed by atoms with Crippen molar-refractivity contribution in [3.05, 3.63) is 29.6 Å². The summed E-state index contributed by atoms with van der Waals surface area (Å²) in [5.74, 6) is 1.30. The van der Waals surface area contributed by atoms with Crippen molar-refractivity contribution in [3.63, 3.8) is 0 Å². The van der Waals surface area contributed by atoms with E-state index in [2.05, 4.69) is 24.5 Å². The highest BCUT2D eigenvalue weighted by molar-refractivity contribution is 5.97. The Morgan fingerprint density at radius 3 is 2.45 bits per heavy atom. The predicted octanol–water partition coefficient (Wildman–Crippen LogP) is 3.93. The second kappa shape index (κ2) is 8.56. The Labute approximate surface area is 172 Å². The van der Waals surface area contributed by atoms with E-state index in [4.69, 9.17) is 4.98 Å². The van der Waals surface area contributed by atoms with Gasteiger partial charge in [0, 0.05) is 44.2 Å². The molecule has 1 aliphatic heterocycles. The Bertz CT molecular complexity index is 890. The van der Waals surface area contributed by atoms with Gasteiger partial charge >= 0.3 is 0 Å². The minimum atomic E-state index is 0.0422. The summed E-state index contributed by atoms with van der Waals surface area (Å²) >= 11 is 0. The van der Waals surface area contributed by atoms with Crippen LogP contribution in [0.4, 0.5) is 0 Å². The number of hydrogen-bond acceptors (Lipinski definition) is 3. The summed E-state index contributed by atoms with van der Waals surface area (Å²) in [6.45, 7) is 6.63. The smallest absolute Gasteiger partial charge is 0.254 e. The van der Waals surface area contributed by atoms with Crippen LogP contribution in [0.3, 0.4) is 0 Å². The van der Waals surface area contributed by atoms with Crippen LogP contribution < -0.4 is 0 Å². The molecule has 156 valence electrons. The van der Waals surface area contributed by atoms with E-state index >= 15 is 0 Å². The molecule has 1 aromatic heterocycles. The number of carbonyl (C=O) groups excluding carboxylic acids is 2. The molecule has 2 fully saturated rings. The van der Waals surface area contributed by atoms with Crippen LogP contribution in [0.5, 0.6) is 0 Å². The SMILES string of the molecule is CCCCC(=O)N1CCN(C(=O)c2ccc3c(c2)nc(C)n3C2CCCC2)CC1. The van der Waals surface area contributed by atoms with Crippen LogP contribution in [0.15, 0.2) is 18.2 Å². The Kier molecular flexibility index (Phi) is 5.88. The van der Waals surface area contributed by atoms with Crippen molar-refractivity contribution in [2.75, 3.05) is 26.2 Å². The highest BCUT2D eigenvalue weighted by atomic mass is 16.2. The summed E-state index contributed by atoms with van der Waals surface area (Å²) in [6, 6.07) is 6.48. The third-order valence-corrected chi connectivity index (χ3v) is 6.47. The van der Waals surface area contributed by atoms with Crippen LogP contribution in [0.1, 0.15) is 74.1 Å². The molecule has 0 N–H and O–H groups in total. The van der Waals surface area contributed by atoms with E-state index in [1.807, 2.05) is 21.9 Å². The number of carbonyl (C=O) groups is 2. The van der Waals surface area contributed by atoms with Crippen molar-refractivity contribution < 1.29 is 9.59 Å². The number of aromatic nitrogens is 2. The van der Waals surface area contributed by atoms with Gasteiger partial charge in [-0.3, -0.25) is 9.59 Å². The zero-order chi connectivity index (χ0) is 20.4. The van der Waals surface area contributed by atoms with E-state index in [0.29, 0.717) is 44.2 Å². The third-order valence-electron chi connectivity index (χ3n) is 6.47. The molecular weight excluding hydrogens is 364 g/mol. The Balaban J connectivity index is 1.45. The fraction of sp³-hybridized carbons (Fsp3) is 0.609. The fourth-order valence-electron chi connectivity index (χ4n) is 4.80. The summed E-state index contributed by atoms with van der Waals surface area (Å²) in [6.07, 6.45) is 7.58. The molecule has 2 aliphatic rings. The first-order chi connectivity index (χ1) is 14.1. The largest absolute Gasteiger partial charge is 0.339 e. The first-order valence-electron chi connectivity index (χ1n) is 11.1. The number of hydrogen-bond donors (Lipinski definition) is 0. The van der Waals surface area contributed by atoms with Gasteiger partial charge in [0.15, 0.2) is 0 Å². The van der Waals surface area contributed by atoms with E-state index in [-0.39, 0.29) is 11.8 Å². The molecule has 1 saturated heterocycles. The normalized spacial score (nSPS) is 18.0. The van der Waals surface area contributed by atoms with E-state index in [9.17, 15) is 9.59 Å². The maximum Gasteiger partial charge on any atom is 0.254 e. The van der Waals surface area contributed by atoms with Crippen molar-refractivity contribution in [2.24, 2.45) is 0 Å². The topological polar surface area (TPSA) is 58.4 Å². The molecule has 0 radical (unpaired) electrons. The summed E-state index contributed by atoms with van der Waals surface area (Å²) in [5, 5.41) is 0. The molecule has 0 spiro atoms. The van der Waals surface area contributed by atoms with Crippen molar-refractivity contribution in [3.8, 4) is 0 Å². The van der Waals surface area contributed by atoms with E-state index in [1.165, 1.54) is 25.7 Å². The quantitative estimate of drug-likeness (QED) is 0.769. The number of imidazole rings is 1. The number of unbranched alkanes of at least 4 members (excludes halogenated alkanes) is 1. The van der Waals surface area contributed by atoms with Crippen LogP contribution in [0.25, 0.3) is 11.0 Å². The van der Waals surface area contributed by atoms with Gasteiger partial charge in [-0.1, -0.05) is 26.2 Å². The lowest BCUT2D eigenvalue weighted by Gasteiger charge is -2.35. The molecule has 6 heteroatoms. The van der Waals surface area contributed by atoms with Crippen LogP contribution in [-0.4, -0.2) is 57.3 Å². The maximum absolute atomic E-state index is 13.0. The molecule has 2 amide bonds. The van der Waals surface area contributed by atoms with Crippen LogP contribution >= 0.6 is 0 Å². The van der Waals surface area contributed by atoms with Gasteiger partial charge < -0.3 is 14.4 Å². The molecule has 1 aromatic carbocycles. The molecule has 29 heavy (non-hydrogen) atoms. The number of fused-ring (bicyclic) bond motifs is 1. The van der Waals surface area contributed by atoms with Crippen molar-refractivity contribution >= 4 is 22.8 Å². The number of piperazine rings is 1. The van der Waals surface area contributed by atoms with E-state index < -0.39 is 0 Å². The van der Waals surface area contributed by atoms with Gasteiger partial charge in [-0.15, -0.1) is 0 Å². The van der Waals surface area contributed by atoms with Gasteiger partial charge in [0.1, 0.15) is 5.82 Å². The van der Waals surface area contributed by atoms with Gasteiger partial charge in [-0.05, 0) is 44.4 Å². The maximum atomic E-state index is 13.0. The van der Waals surface area contributed by atoms with Crippen molar-refractivity contribution in [1.29, 1.82) is 0 Å².